The topological polar surface area (TPSA) is 55.1 Å². The average molecular weight is 242 g/mol. The van der Waals surface area contributed by atoms with Gasteiger partial charge in [-0.05, 0) is 24.3 Å². The van der Waals surface area contributed by atoms with E-state index in [0.29, 0.717) is 18.6 Å². The van der Waals surface area contributed by atoms with Crippen LogP contribution >= 0.6 is 0 Å². The van der Waals surface area contributed by atoms with Crippen molar-refractivity contribution in [2.24, 2.45) is 0 Å². The largest absolute Gasteiger partial charge is 0.496 e. The molecule has 0 amide bonds. The molecule has 0 N–H and O–H groups in total. The smallest absolute Gasteiger partial charge is 0.145 e. The van der Waals surface area contributed by atoms with Crippen molar-refractivity contribution in [3.05, 3.63) is 30.0 Å². The lowest BCUT2D eigenvalue weighted by Crippen LogP contribution is -1.95. The van der Waals surface area contributed by atoms with E-state index in [1.807, 2.05) is 24.3 Å². The van der Waals surface area contributed by atoms with E-state index in [1.165, 1.54) is 0 Å². The summed E-state index contributed by atoms with van der Waals surface area (Å²) in [7, 11) is 3.25. The summed E-state index contributed by atoms with van der Waals surface area (Å²) in [4.78, 5) is 4.54. The van der Waals surface area contributed by atoms with Crippen LogP contribution in [0.25, 0.3) is 10.9 Å². The van der Waals surface area contributed by atoms with Crippen molar-refractivity contribution < 1.29 is 9.47 Å². The Labute approximate surface area is 106 Å². The summed E-state index contributed by atoms with van der Waals surface area (Å²) in [6.07, 6.45) is 1.11. The highest BCUT2D eigenvalue weighted by atomic mass is 16.5. The molecule has 2 rings (SSSR count). The Bertz CT molecular complexity index is 603. The van der Waals surface area contributed by atoms with Gasteiger partial charge in [-0.2, -0.15) is 5.26 Å². The molecule has 92 valence electrons. The van der Waals surface area contributed by atoms with Crippen LogP contribution in [-0.2, 0) is 6.42 Å². The summed E-state index contributed by atoms with van der Waals surface area (Å²) in [6, 6.07) is 9.69. The Kier molecular flexibility index (Phi) is 3.63. The summed E-state index contributed by atoms with van der Waals surface area (Å²) in [5.74, 6) is 1.48. The van der Waals surface area contributed by atoms with Crippen LogP contribution in [0.2, 0.25) is 0 Å². The Morgan fingerprint density at radius 3 is 2.50 bits per heavy atom. The second-order valence-corrected chi connectivity index (χ2v) is 3.83. The van der Waals surface area contributed by atoms with Gasteiger partial charge in [-0.3, -0.25) is 0 Å². The van der Waals surface area contributed by atoms with Gasteiger partial charge >= 0.3 is 0 Å². The summed E-state index contributed by atoms with van der Waals surface area (Å²) in [5.41, 5.74) is 1.66. The lowest BCUT2D eigenvalue weighted by atomic mass is 10.1. The molecule has 4 heteroatoms. The molecule has 0 bridgehead atoms. The van der Waals surface area contributed by atoms with E-state index < -0.39 is 0 Å². The summed E-state index contributed by atoms with van der Waals surface area (Å²) in [5, 5.41) is 9.52. The molecule has 0 saturated heterocycles. The van der Waals surface area contributed by atoms with Crippen molar-refractivity contribution in [3.8, 4) is 17.6 Å². The van der Waals surface area contributed by atoms with Crippen molar-refractivity contribution in [1.82, 2.24) is 4.98 Å². The Morgan fingerprint density at radius 2 is 1.83 bits per heavy atom. The number of benzene rings is 1. The molecule has 0 saturated carbocycles. The van der Waals surface area contributed by atoms with E-state index in [4.69, 9.17) is 14.7 Å². The van der Waals surface area contributed by atoms with Gasteiger partial charge in [0, 0.05) is 23.9 Å². The lowest BCUT2D eigenvalue weighted by molar-refractivity contribution is 0.409. The van der Waals surface area contributed by atoms with Crippen molar-refractivity contribution >= 4 is 10.9 Å². The van der Waals surface area contributed by atoms with Crippen molar-refractivity contribution in [1.29, 1.82) is 5.26 Å². The molecule has 4 nitrogen and oxygen atoms in total. The van der Waals surface area contributed by atoms with Crippen LogP contribution in [-0.4, -0.2) is 19.2 Å². The fourth-order valence-electron chi connectivity index (χ4n) is 1.87. The van der Waals surface area contributed by atoms with Gasteiger partial charge in [-0.25, -0.2) is 4.98 Å². The highest BCUT2D eigenvalue weighted by Gasteiger charge is 2.09. The van der Waals surface area contributed by atoms with Gasteiger partial charge in [0.2, 0.25) is 0 Å². The van der Waals surface area contributed by atoms with Crippen LogP contribution in [0.3, 0.4) is 0 Å². The minimum Gasteiger partial charge on any atom is -0.496 e. The summed E-state index contributed by atoms with van der Waals surface area (Å²) < 4.78 is 10.6. The first-order chi connectivity index (χ1) is 8.80. The van der Waals surface area contributed by atoms with Crippen molar-refractivity contribution in [2.45, 2.75) is 12.8 Å². The first-order valence-corrected chi connectivity index (χ1v) is 5.67. The van der Waals surface area contributed by atoms with Gasteiger partial charge in [0.1, 0.15) is 17.0 Å². The van der Waals surface area contributed by atoms with Gasteiger partial charge in [-0.1, -0.05) is 0 Å². The second kappa shape index (κ2) is 5.37. The minimum atomic E-state index is 0.463. The highest BCUT2D eigenvalue weighted by molar-refractivity contribution is 5.90. The molecule has 1 aromatic heterocycles. The number of aryl methyl sites for hydroxylation is 1. The molecule has 0 aliphatic heterocycles. The first kappa shape index (κ1) is 12.2. The van der Waals surface area contributed by atoms with Gasteiger partial charge in [0.15, 0.2) is 0 Å². The Hall–Kier alpha value is -2.28. The number of pyridine rings is 1. The average Bonchev–Trinajstić information content (AvgIpc) is 2.43. The van der Waals surface area contributed by atoms with E-state index in [0.717, 1.165) is 22.3 Å². The lowest BCUT2D eigenvalue weighted by Gasteiger charge is -2.10. The van der Waals surface area contributed by atoms with Crippen LogP contribution in [0.5, 0.6) is 11.5 Å². The molecule has 1 heterocycles. The number of aromatic nitrogens is 1. The number of hydrogen-bond acceptors (Lipinski definition) is 4. The number of fused-ring (bicyclic) bond motifs is 1. The number of nitriles is 1. The monoisotopic (exact) mass is 242 g/mol. The predicted molar refractivity (Wildman–Crippen MR) is 68.8 cm³/mol. The van der Waals surface area contributed by atoms with Crippen LogP contribution in [0.15, 0.2) is 24.3 Å². The van der Waals surface area contributed by atoms with E-state index >= 15 is 0 Å². The van der Waals surface area contributed by atoms with Crippen LogP contribution in [0.1, 0.15) is 12.1 Å². The molecule has 0 fully saturated rings. The molecule has 0 unspecified atom stereocenters. The number of methoxy groups -OCH3 is 2. The van der Waals surface area contributed by atoms with E-state index in [1.54, 1.807) is 14.2 Å². The summed E-state index contributed by atoms with van der Waals surface area (Å²) >= 11 is 0. The normalized spacial score (nSPS) is 10.1. The fourth-order valence-corrected chi connectivity index (χ4v) is 1.87. The van der Waals surface area contributed by atoms with E-state index in [-0.39, 0.29) is 0 Å². The number of rotatable bonds is 4. The molecule has 0 aliphatic carbocycles. The minimum absolute atomic E-state index is 0.463. The molecule has 18 heavy (non-hydrogen) atoms. The first-order valence-electron chi connectivity index (χ1n) is 5.67. The van der Waals surface area contributed by atoms with Gasteiger partial charge in [0.25, 0.3) is 0 Å². The molecular weight excluding hydrogens is 228 g/mol. The van der Waals surface area contributed by atoms with Gasteiger partial charge in [0.05, 0.1) is 20.3 Å². The third-order valence-corrected chi connectivity index (χ3v) is 2.77. The Balaban J connectivity index is 2.56. The third-order valence-electron chi connectivity index (χ3n) is 2.77. The third kappa shape index (κ3) is 2.21. The van der Waals surface area contributed by atoms with Crippen LogP contribution in [0, 0.1) is 11.3 Å². The molecule has 0 atom stereocenters. The zero-order valence-electron chi connectivity index (χ0n) is 10.4. The number of nitrogens with zero attached hydrogens (tertiary/aromatic N) is 2. The summed E-state index contributed by atoms with van der Waals surface area (Å²) in [6.45, 7) is 0. The van der Waals surface area contributed by atoms with Gasteiger partial charge in [-0.15, -0.1) is 0 Å². The SMILES string of the molecule is COc1ccc(OC)c2nc(CCC#N)ccc12. The maximum Gasteiger partial charge on any atom is 0.145 e. The molecule has 0 aliphatic rings. The number of ether oxygens (including phenoxy) is 2. The maximum absolute atomic E-state index is 8.60. The van der Waals surface area contributed by atoms with Crippen molar-refractivity contribution in [2.75, 3.05) is 14.2 Å². The molecular formula is C14H14N2O2. The predicted octanol–water partition coefficient (Wildman–Crippen LogP) is 2.71. The zero-order chi connectivity index (χ0) is 13.0. The zero-order valence-corrected chi connectivity index (χ0v) is 10.4. The quantitative estimate of drug-likeness (QED) is 0.827. The molecule has 0 radical (unpaired) electrons. The fraction of sp³-hybridized carbons (Fsp3) is 0.286. The standard InChI is InChI=1S/C14H14N2O2/c1-17-12-7-8-13(18-2)14-11(12)6-5-10(16-14)4-3-9-15/h5-8H,3-4H2,1-2H3. The maximum atomic E-state index is 8.60. The van der Waals surface area contributed by atoms with Crippen molar-refractivity contribution in [3.63, 3.8) is 0 Å². The molecule has 0 spiro atoms. The highest BCUT2D eigenvalue weighted by Crippen LogP contribution is 2.31. The second-order valence-electron chi connectivity index (χ2n) is 3.83. The number of hydrogen-bond donors (Lipinski definition) is 0. The van der Waals surface area contributed by atoms with E-state index in [9.17, 15) is 0 Å². The van der Waals surface area contributed by atoms with Gasteiger partial charge < -0.3 is 9.47 Å². The Morgan fingerprint density at radius 1 is 1.11 bits per heavy atom. The van der Waals surface area contributed by atoms with Crippen LogP contribution in [0.4, 0.5) is 0 Å². The van der Waals surface area contributed by atoms with E-state index in [2.05, 4.69) is 11.1 Å². The van der Waals surface area contributed by atoms with Crippen LogP contribution < -0.4 is 9.47 Å². The molecule has 2 aromatic rings. The molecule has 1 aromatic carbocycles.